The van der Waals surface area contributed by atoms with Gasteiger partial charge in [-0.05, 0) is 29.2 Å². The summed E-state index contributed by atoms with van der Waals surface area (Å²) in [6.45, 7) is 2.08. The number of carbonyl (C=O) groups is 1. The standard InChI is InChI=1S/C16H15NO/c1-11-6-2-4-8-13(11)16-14-9-5-3-7-12(14)10-15(18)17-16/h2-9,16H,10H2,1H3,(H,17,18)/t16-/m1/s1. The molecule has 2 nitrogen and oxygen atoms in total. The van der Waals surface area contributed by atoms with Gasteiger partial charge >= 0.3 is 0 Å². The van der Waals surface area contributed by atoms with E-state index in [0.717, 1.165) is 5.56 Å². The summed E-state index contributed by atoms with van der Waals surface area (Å²) in [6.07, 6.45) is 0.485. The molecule has 1 amide bonds. The molecule has 0 spiro atoms. The lowest BCUT2D eigenvalue weighted by Gasteiger charge is -2.28. The molecule has 2 aromatic carbocycles. The number of rotatable bonds is 1. The molecule has 90 valence electrons. The lowest BCUT2D eigenvalue weighted by atomic mass is 9.88. The van der Waals surface area contributed by atoms with Crippen LogP contribution in [0.1, 0.15) is 28.3 Å². The van der Waals surface area contributed by atoms with Crippen molar-refractivity contribution in [1.82, 2.24) is 5.32 Å². The fraction of sp³-hybridized carbons (Fsp3) is 0.188. The summed E-state index contributed by atoms with van der Waals surface area (Å²) >= 11 is 0. The molecule has 3 rings (SSSR count). The van der Waals surface area contributed by atoms with E-state index >= 15 is 0 Å². The summed E-state index contributed by atoms with van der Waals surface area (Å²) in [6, 6.07) is 16.4. The van der Waals surface area contributed by atoms with Gasteiger partial charge in [0.1, 0.15) is 0 Å². The van der Waals surface area contributed by atoms with E-state index in [9.17, 15) is 4.79 Å². The monoisotopic (exact) mass is 237 g/mol. The molecule has 0 saturated carbocycles. The summed E-state index contributed by atoms with van der Waals surface area (Å²) in [7, 11) is 0. The number of carbonyl (C=O) groups excluding carboxylic acids is 1. The second kappa shape index (κ2) is 4.30. The Morgan fingerprint density at radius 1 is 1.00 bits per heavy atom. The molecule has 0 bridgehead atoms. The third kappa shape index (κ3) is 1.80. The third-order valence-electron chi connectivity index (χ3n) is 3.52. The first-order chi connectivity index (χ1) is 8.75. The van der Waals surface area contributed by atoms with Crippen molar-refractivity contribution in [3.05, 3.63) is 70.8 Å². The molecule has 0 saturated heterocycles. The van der Waals surface area contributed by atoms with E-state index in [4.69, 9.17) is 0 Å². The maximum absolute atomic E-state index is 11.8. The summed E-state index contributed by atoms with van der Waals surface area (Å²) in [4.78, 5) is 11.8. The largest absolute Gasteiger partial charge is 0.345 e. The van der Waals surface area contributed by atoms with Gasteiger partial charge in [-0.2, -0.15) is 0 Å². The molecule has 1 aliphatic rings. The maximum Gasteiger partial charge on any atom is 0.225 e. The van der Waals surface area contributed by atoms with Crippen molar-refractivity contribution < 1.29 is 4.79 Å². The molecule has 0 aliphatic carbocycles. The summed E-state index contributed by atoms with van der Waals surface area (Å²) < 4.78 is 0. The highest BCUT2D eigenvalue weighted by Gasteiger charge is 2.25. The zero-order valence-electron chi connectivity index (χ0n) is 10.3. The van der Waals surface area contributed by atoms with Gasteiger partial charge in [-0.3, -0.25) is 4.79 Å². The Morgan fingerprint density at radius 2 is 1.67 bits per heavy atom. The van der Waals surface area contributed by atoms with Crippen LogP contribution in [0.15, 0.2) is 48.5 Å². The number of benzene rings is 2. The average molecular weight is 237 g/mol. The van der Waals surface area contributed by atoms with Crippen molar-refractivity contribution in [3.63, 3.8) is 0 Å². The molecule has 0 radical (unpaired) electrons. The lowest BCUT2D eigenvalue weighted by molar-refractivity contribution is -0.121. The van der Waals surface area contributed by atoms with Crippen LogP contribution in [-0.4, -0.2) is 5.91 Å². The van der Waals surface area contributed by atoms with E-state index in [0.29, 0.717) is 6.42 Å². The van der Waals surface area contributed by atoms with Crippen molar-refractivity contribution >= 4 is 5.91 Å². The van der Waals surface area contributed by atoms with E-state index in [1.807, 2.05) is 30.3 Å². The molecule has 0 fully saturated rings. The Kier molecular flexibility index (Phi) is 2.63. The van der Waals surface area contributed by atoms with Crippen LogP contribution in [0.2, 0.25) is 0 Å². The van der Waals surface area contributed by atoms with E-state index in [2.05, 4.69) is 30.4 Å². The minimum absolute atomic E-state index is 0.0105. The first-order valence-corrected chi connectivity index (χ1v) is 6.18. The molecule has 18 heavy (non-hydrogen) atoms. The van der Waals surface area contributed by atoms with Crippen molar-refractivity contribution in [2.75, 3.05) is 0 Å². The van der Waals surface area contributed by atoms with Crippen LogP contribution in [0.5, 0.6) is 0 Å². The second-order valence-electron chi connectivity index (χ2n) is 4.73. The maximum atomic E-state index is 11.8. The van der Waals surface area contributed by atoms with Gasteiger partial charge in [0.15, 0.2) is 0 Å². The smallest absolute Gasteiger partial charge is 0.225 e. The van der Waals surface area contributed by atoms with E-state index in [1.165, 1.54) is 16.7 Å². The van der Waals surface area contributed by atoms with Crippen molar-refractivity contribution in [2.24, 2.45) is 0 Å². The first-order valence-electron chi connectivity index (χ1n) is 6.18. The Hall–Kier alpha value is -2.09. The van der Waals surface area contributed by atoms with Crippen molar-refractivity contribution in [2.45, 2.75) is 19.4 Å². The summed E-state index contributed by atoms with van der Waals surface area (Å²) in [5, 5.41) is 3.09. The Bertz CT molecular complexity index is 604. The van der Waals surface area contributed by atoms with Crippen molar-refractivity contribution in [3.8, 4) is 0 Å². The van der Waals surface area contributed by atoms with Crippen LogP contribution in [0.25, 0.3) is 0 Å². The number of amides is 1. The number of hydrogen-bond donors (Lipinski definition) is 1. The SMILES string of the molecule is Cc1ccccc1[C@H]1NC(=O)Cc2ccccc21. The average Bonchev–Trinajstić information content (AvgIpc) is 2.38. The molecule has 1 atom stereocenters. The van der Waals surface area contributed by atoms with E-state index in [1.54, 1.807) is 0 Å². The highest BCUT2D eigenvalue weighted by molar-refractivity contribution is 5.82. The number of hydrogen-bond acceptors (Lipinski definition) is 1. The van der Waals surface area contributed by atoms with Crippen LogP contribution < -0.4 is 5.32 Å². The van der Waals surface area contributed by atoms with Crippen LogP contribution >= 0.6 is 0 Å². The highest BCUT2D eigenvalue weighted by atomic mass is 16.1. The number of nitrogens with one attached hydrogen (secondary N) is 1. The van der Waals surface area contributed by atoms with E-state index < -0.39 is 0 Å². The zero-order valence-corrected chi connectivity index (χ0v) is 10.3. The molecule has 2 aromatic rings. The van der Waals surface area contributed by atoms with Gasteiger partial charge in [0.05, 0.1) is 12.5 Å². The van der Waals surface area contributed by atoms with Gasteiger partial charge in [0.2, 0.25) is 5.91 Å². The molecule has 0 unspecified atom stereocenters. The minimum Gasteiger partial charge on any atom is -0.345 e. The minimum atomic E-state index is -0.0105. The van der Waals surface area contributed by atoms with Gasteiger partial charge in [-0.25, -0.2) is 0 Å². The molecule has 1 heterocycles. The molecule has 2 heteroatoms. The Balaban J connectivity index is 2.13. The van der Waals surface area contributed by atoms with Crippen LogP contribution in [0.4, 0.5) is 0 Å². The van der Waals surface area contributed by atoms with E-state index in [-0.39, 0.29) is 11.9 Å². The van der Waals surface area contributed by atoms with Gasteiger partial charge in [0, 0.05) is 0 Å². The van der Waals surface area contributed by atoms with Crippen LogP contribution in [-0.2, 0) is 11.2 Å². The fourth-order valence-electron chi connectivity index (χ4n) is 2.60. The highest BCUT2D eigenvalue weighted by Crippen LogP contribution is 2.30. The lowest BCUT2D eigenvalue weighted by Crippen LogP contribution is -2.36. The molecule has 0 aromatic heterocycles. The van der Waals surface area contributed by atoms with Gasteiger partial charge in [-0.1, -0.05) is 48.5 Å². The quantitative estimate of drug-likeness (QED) is 0.811. The van der Waals surface area contributed by atoms with Crippen molar-refractivity contribution in [1.29, 1.82) is 0 Å². The van der Waals surface area contributed by atoms with Crippen LogP contribution in [0.3, 0.4) is 0 Å². The Labute approximate surface area is 107 Å². The molecular weight excluding hydrogens is 222 g/mol. The molecule has 1 N–H and O–H groups in total. The predicted octanol–water partition coefficient (Wildman–Crippen LogP) is 2.76. The van der Waals surface area contributed by atoms with Gasteiger partial charge in [0.25, 0.3) is 0 Å². The second-order valence-corrected chi connectivity index (χ2v) is 4.73. The zero-order chi connectivity index (χ0) is 12.5. The summed E-state index contributed by atoms with van der Waals surface area (Å²) in [5.41, 5.74) is 4.73. The molecule has 1 aliphatic heterocycles. The number of aryl methyl sites for hydroxylation is 1. The fourth-order valence-corrected chi connectivity index (χ4v) is 2.60. The topological polar surface area (TPSA) is 29.1 Å². The normalized spacial score (nSPS) is 18.1. The Morgan fingerprint density at radius 3 is 2.44 bits per heavy atom. The molecular formula is C16H15NO. The third-order valence-corrected chi connectivity index (χ3v) is 3.52. The first kappa shape index (κ1) is 11.0. The number of fused-ring (bicyclic) bond motifs is 1. The summed E-state index contributed by atoms with van der Waals surface area (Å²) in [5.74, 6) is 0.0990. The van der Waals surface area contributed by atoms with Gasteiger partial charge in [-0.15, -0.1) is 0 Å². The predicted molar refractivity (Wildman–Crippen MR) is 71.3 cm³/mol. The van der Waals surface area contributed by atoms with Gasteiger partial charge < -0.3 is 5.32 Å². The van der Waals surface area contributed by atoms with Crippen LogP contribution in [0, 0.1) is 6.92 Å².